The lowest BCUT2D eigenvalue weighted by Gasteiger charge is -2.28. The van der Waals surface area contributed by atoms with E-state index < -0.39 is 0 Å². The molecule has 1 amide bonds. The lowest BCUT2D eigenvalue weighted by atomic mass is 10.1. The van der Waals surface area contributed by atoms with Crippen LogP contribution in [0.1, 0.15) is 34.5 Å². The molecule has 4 rings (SSSR count). The summed E-state index contributed by atoms with van der Waals surface area (Å²) in [4.78, 5) is 27.8. The number of carbonyl (C=O) groups excluding carboxylic acids is 1. The number of amides is 1. The second kappa shape index (κ2) is 6.64. The first-order valence-electron chi connectivity index (χ1n) is 8.62. The van der Waals surface area contributed by atoms with Crippen LogP contribution in [0.5, 0.6) is 0 Å². The fourth-order valence-electron chi connectivity index (χ4n) is 3.51. The van der Waals surface area contributed by atoms with E-state index in [2.05, 4.69) is 14.9 Å². The molecule has 24 heavy (non-hydrogen) atoms. The molecule has 2 aliphatic rings. The number of aromatic nitrogens is 2. The zero-order valence-electron chi connectivity index (χ0n) is 14.0. The lowest BCUT2D eigenvalue weighted by Crippen LogP contribution is -2.40. The molecule has 0 N–H and O–H groups in total. The Morgan fingerprint density at radius 2 is 1.88 bits per heavy atom. The number of piperidine rings is 1. The third kappa shape index (κ3) is 2.75. The molecule has 0 aliphatic carbocycles. The quantitative estimate of drug-likeness (QED) is 0.836. The smallest absolute Gasteiger partial charge is 0.264 e. The molecule has 0 radical (unpaired) electrons. The third-order valence-electron chi connectivity index (χ3n) is 4.85. The number of ether oxygens (including phenoxy) is 1. The van der Waals surface area contributed by atoms with E-state index >= 15 is 0 Å². The van der Waals surface area contributed by atoms with Crippen LogP contribution in [0.15, 0.2) is 6.33 Å². The van der Waals surface area contributed by atoms with Crippen LogP contribution < -0.4 is 4.90 Å². The van der Waals surface area contributed by atoms with E-state index in [0.29, 0.717) is 26.3 Å². The van der Waals surface area contributed by atoms with Crippen molar-refractivity contribution < 1.29 is 9.53 Å². The summed E-state index contributed by atoms with van der Waals surface area (Å²) in [7, 11) is 0. The maximum Gasteiger partial charge on any atom is 0.264 e. The van der Waals surface area contributed by atoms with Crippen LogP contribution >= 0.6 is 11.3 Å². The van der Waals surface area contributed by atoms with Gasteiger partial charge < -0.3 is 14.5 Å². The van der Waals surface area contributed by atoms with E-state index in [4.69, 9.17) is 4.74 Å². The van der Waals surface area contributed by atoms with Gasteiger partial charge in [0.15, 0.2) is 0 Å². The minimum Gasteiger partial charge on any atom is -0.378 e. The molecular weight excluding hydrogens is 324 g/mol. The summed E-state index contributed by atoms with van der Waals surface area (Å²) in [5, 5.41) is 1.06. The van der Waals surface area contributed by atoms with Crippen LogP contribution in [0, 0.1) is 6.92 Å². The number of hydrogen-bond donors (Lipinski definition) is 0. The molecule has 0 unspecified atom stereocenters. The van der Waals surface area contributed by atoms with Gasteiger partial charge in [0.05, 0.1) is 23.5 Å². The first-order chi connectivity index (χ1) is 11.8. The van der Waals surface area contributed by atoms with Crippen molar-refractivity contribution in [2.45, 2.75) is 26.2 Å². The van der Waals surface area contributed by atoms with Gasteiger partial charge >= 0.3 is 0 Å². The Labute approximate surface area is 145 Å². The molecule has 2 aromatic rings. The highest BCUT2D eigenvalue weighted by Crippen LogP contribution is 2.36. The van der Waals surface area contributed by atoms with Gasteiger partial charge in [-0.25, -0.2) is 9.97 Å². The average molecular weight is 346 g/mol. The van der Waals surface area contributed by atoms with Gasteiger partial charge in [-0.05, 0) is 31.7 Å². The standard InChI is InChI=1S/C17H22N4O2S/c1-12-13-15(20-5-3-2-4-6-20)18-11-19-16(13)24-14(12)17(22)21-7-9-23-10-8-21/h11H,2-10H2,1H3. The van der Waals surface area contributed by atoms with Gasteiger partial charge in [0.1, 0.15) is 17.0 Å². The highest BCUT2D eigenvalue weighted by atomic mass is 32.1. The minimum atomic E-state index is 0.100. The molecule has 0 atom stereocenters. The van der Waals surface area contributed by atoms with E-state index in [1.54, 1.807) is 6.33 Å². The summed E-state index contributed by atoms with van der Waals surface area (Å²) < 4.78 is 5.35. The average Bonchev–Trinajstić information content (AvgIpc) is 2.99. The molecule has 2 fully saturated rings. The van der Waals surface area contributed by atoms with Crippen LogP contribution in [0.4, 0.5) is 5.82 Å². The second-order valence-corrected chi connectivity index (χ2v) is 7.38. The van der Waals surface area contributed by atoms with Gasteiger partial charge in [-0.3, -0.25) is 4.79 Å². The minimum absolute atomic E-state index is 0.100. The Morgan fingerprint density at radius 3 is 2.62 bits per heavy atom. The highest BCUT2D eigenvalue weighted by molar-refractivity contribution is 7.20. The van der Waals surface area contributed by atoms with E-state index in [1.807, 2.05) is 11.8 Å². The summed E-state index contributed by atoms with van der Waals surface area (Å²) in [6, 6.07) is 0. The first kappa shape index (κ1) is 15.8. The Bertz CT molecular complexity index is 748. The predicted octanol–water partition coefficient (Wildman–Crippen LogP) is 2.46. The van der Waals surface area contributed by atoms with Crippen molar-refractivity contribution in [1.82, 2.24) is 14.9 Å². The third-order valence-corrected chi connectivity index (χ3v) is 6.04. The topological polar surface area (TPSA) is 58.6 Å². The number of hydrogen-bond acceptors (Lipinski definition) is 6. The molecule has 2 aliphatic heterocycles. The summed E-state index contributed by atoms with van der Waals surface area (Å²) in [6.45, 7) is 6.67. The molecule has 2 aromatic heterocycles. The largest absolute Gasteiger partial charge is 0.378 e. The van der Waals surface area contributed by atoms with E-state index in [0.717, 1.165) is 39.6 Å². The van der Waals surface area contributed by atoms with Gasteiger partial charge in [-0.2, -0.15) is 0 Å². The van der Waals surface area contributed by atoms with Crippen LogP contribution in [-0.4, -0.2) is 60.2 Å². The SMILES string of the molecule is Cc1c(C(=O)N2CCOCC2)sc2ncnc(N3CCCCC3)c12. The number of nitrogens with zero attached hydrogens (tertiary/aromatic N) is 4. The van der Waals surface area contributed by atoms with Crippen molar-refractivity contribution in [1.29, 1.82) is 0 Å². The summed E-state index contributed by atoms with van der Waals surface area (Å²) >= 11 is 1.49. The predicted molar refractivity (Wildman–Crippen MR) is 94.9 cm³/mol. The maximum absolute atomic E-state index is 12.9. The number of fused-ring (bicyclic) bond motifs is 1. The van der Waals surface area contributed by atoms with E-state index in [1.165, 1.54) is 30.6 Å². The van der Waals surface area contributed by atoms with Crippen molar-refractivity contribution in [2.24, 2.45) is 0 Å². The normalized spacial score (nSPS) is 19.0. The van der Waals surface area contributed by atoms with E-state index in [-0.39, 0.29) is 5.91 Å². The van der Waals surface area contributed by atoms with Crippen molar-refractivity contribution in [3.05, 3.63) is 16.8 Å². The van der Waals surface area contributed by atoms with Crippen LogP contribution in [0.25, 0.3) is 10.2 Å². The number of thiophene rings is 1. The van der Waals surface area contributed by atoms with Crippen molar-refractivity contribution in [3.8, 4) is 0 Å². The fraction of sp³-hybridized carbons (Fsp3) is 0.588. The van der Waals surface area contributed by atoms with Gasteiger partial charge in [-0.1, -0.05) is 0 Å². The zero-order valence-corrected chi connectivity index (χ0v) is 14.8. The number of carbonyl (C=O) groups is 1. The molecule has 4 heterocycles. The number of aryl methyl sites for hydroxylation is 1. The van der Waals surface area contributed by atoms with Crippen molar-refractivity contribution >= 4 is 33.3 Å². The Kier molecular flexibility index (Phi) is 4.37. The maximum atomic E-state index is 12.9. The van der Waals surface area contributed by atoms with Crippen molar-refractivity contribution in [3.63, 3.8) is 0 Å². The van der Waals surface area contributed by atoms with Gasteiger partial charge in [-0.15, -0.1) is 11.3 Å². The van der Waals surface area contributed by atoms with Crippen LogP contribution in [0.3, 0.4) is 0 Å². The van der Waals surface area contributed by atoms with Crippen LogP contribution in [0.2, 0.25) is 0 Å². The zero-order chi connectivity index (χ0) is 16.5. The van der Waals surface area contributed by atoms with Gasteiger partial charge in [0.25, 0.3) is 5.91 Å². The molecule has 7 heteroatoms. The molecular formula is C17H22N4O2S. The van der Waals surface area contributed by atoms with Gasteiger partial charge in [0.2, 0.25) is 0 Å². The molecule has 6 nitrogen and oxygen atoms in total. The number of morpholine rings is 1. The molecule has 0 saturated carbocycles. The number of anilines is 1. The molecule has 0 spiro atoms. The summed E-state index contributed by atoms with van der Waals surface area (Å²) in [5.74, 6) is 1.10. The Hall–Kier alpha value is -1.73. The van der Waals surface area contributed by atoms with E-state index in [9.17, 15) is 4.79 Å². The lowest BCUT2D eigenvalue weighted by molar-refractivity contribution is 0.0306. The Morgan fingerprint density at radius 1 is 1.12 bits per heavy atom. The first-order valence-corrected chi connectivity index (χ1v) is 9.43. The summed E-state index contributed by atoms with van der Waals surface area (Å²) in [6.07, 6.45) is 5.32. The molecule has 0 bridgehead atoms. The van der Waals surface area contributed by atoms with Crippen LogP contribution in [-0.2, 0) is 4.74 Å². The molecule has 128 valence electrons. The second-order valence-electron chi connectivity index (χ2n) is 6.39. The molecule has 0 aromatic carbocycles. The molecule has 2 saturated heterocycles. The van der Waals surface area contributed by atoms with Gasteiger partial charge in [0, 0.05) is 26.2 Å². The monoisotopic (exact) mass is 346 g/mol. The number of rotatable bonds is 2. The Balaban J connectivity index is 1.73. The summed E-state index contributed by atoms with van der Waals surface area (Å²) in [5.41, 5.74) is 1.02. The van der Waals surface area contributed by atoms with Crippen molar-refractivity contribution in [2.75, 3.05) is 44.3 Å². The fourth-order valence-corrected chi connectivity index (χ4v) is 4.62. The highest BCUT2D eigenvalue weighted by Gasteiger charge is 2.26.